The Labute approximate surface area is 185 Å². The third kappa shape index (κ3) is 3.03. The lowest BCUT2D eigenvalue weighted by atomic mass is 9.71. The molecule has 2 heterocycles. The molecule has 9 heteroatoms. The van der Waals surface area contributed by atoms with Gasteiger partial charge in [0.1, 0.15) is 0 Å². The minimum absolute atomic E-state index is 0.0481. The second kappa shape index (κ2) is 6.90. The number of hydrogen-bond acceptors (Lipinski definition) is 5. The molecule has 1 aliphatic heterocycles. The van der Waals surface area contributed by atoms with Gasteiger partial charge in [0.05, 0.1) is 17.2 Å². The van der Waals surface area contributed by atoms with E-state index in [9.17, 15) is 23.0 Å². The number of nitriles is 1. The van der Waals surface area contributed by atoms with Crippen molar-refractivity contribution in [3.63, 3.8) is 0 Å². The van der Waals surface area contributed by atoms with Crippen LogP contribution in [-0.2, 0) is 15.7 Å². The van der Waals surface area contributed by atoms with Gasteiger partial charge >= 0.3 is 10.3 Å². The first-order chi connectivity index (χ1) is 15.1. The van der Waals surface area contributed by atoms with Crippen molar-refractivity contribution >= 4 is 32.7 Å². The zero-order chi connectivity index (χ0) is 22.8. The molecule has 2 aromatic carbocycles. The van der Waals surface area contributed by atoms with Crippen molar-refractivity contribution in [3.8, 4) is 6.07 Å². The molecule has 0 radical (unpaired) electrons. The fourth-order valence-electron chi connectivity index (χ4n) is 4.86. The van der Waals surface area contributed by atoms with Crippen molar-refractivity contribution < 1.29 is 17.8 Å². The van der Waals surface area contributed by atoms with Crippen molar-refractivity contribution in [2.45, 2.75) is 19.3 Å². The number of nitrogens with zero attached hydrogens (tertiary/aromatic N) is 3. The summed E-state index contributed by atoms with van der Waals surface area (Å²) in [7, 11) is -4.19. The number of carbonyl (C=O) groups is 1. The summed E-state index contributed by atoms with van der Waals surface area (Å²) >= 11 is 0. The second-order valence-electron chi connectivity index (χ2n) is 8.80. The van der Waals surface area contributed by atoms with Crippen LogP contribution >= 0.6 is 0 Å². The number of anilines is 1. The van der Waals surface area contributed by atoms with E-state index < -0.39 is 15.7 Å². The van der Waals surface area contributed by atoms with Crippen LogP contribution in [0.3, 0.4) is 0 Å². The summed E-state index contributed by atoms with van der Waals surface area (Å²) in [6.07, 6.45) is 0. The van der Waals surface area contributed by atoms with Crippen LogP contribution in [0.2, 0.25) is 0 Å². The molecule has 5 rings (SSSR count). The van der Waals surface area contributed by atoms with Crippen molar-refractivity contribution in [1.82, 2.24) is 9.29 Å². The SMILES string of the molecule is CC1(C)c2cc(N3CCN(S(=O)(=O)O)CC3)ccc2C(=O)c2c1[nH]c1cc(C#N)ccc21. The van der Waals surface area contributed by atoms with Crippen LogP contribution in [0.1, 0.15) is 46.6 Å². The summed E-state index contributed by atoms with van der Waals surface area (Å²) in [5.41, 5.74) is 4.76. The van der Waals surface area contributed by atoms with Crippen molar-refractivity contribution in [1.29, 1.82) is 5.26 Å². The highest BCUT2D eigenvalue weighted by atomic mass is 32.2. The number of nitrogens with one attached hydrogen (secondary N) is 1. The van der Waals surface area contributed by atoms with Gasteiger partial charge in [0, 0.05) is 59.4 Å². The maximum Gasteiger partial charge on any atom is 0.336 e. The molecule has 0 saturated carbocycles. The number of carbonyl (C=O) groups excluding carboxylic acids is 1. The average Bonchev–Trinajstić information content (AvgIpc) is 3.17. The third-order valence-electron chi connectivity index (χ3n) is 6.63. The van der Waals surface area contributed by atoms with E-state index in [4.69, 9.17) is 0 Å². The molecule has 0 spiro atoms. The molecule has 2 aliphatic rings. The third-order valence-corrected chi connectivity index (χ3v) is 7.65. The van der Waals surface area contributed by atoms with Gasteiger partial charge in [-0.05, 0) is 35.9 Å². The molecule has 0 bridgehead atoms. The number of hydrogen-bond donors (Lipinski definition) is 2. The summed E-state index contributed by atoms with van der Waals surface area (Å²) in [4.78, 5) is 18.9. The number of piperazine rings is 1. The van der Waals surface area contributed by atoms with Crippen LogP contribution in [0.15, 0.2) is 36.4 Å². The minimum atomic E-state index is -4.19. The zero-order valence-electron chi connectivity index (χ0n) is 17.7. The molecule has 3 aromatic rings. The van der Waals surface area contributed by atoms with Crippen LogP contribution in [-0.4, -0.2) is 54.2 Å². The molecule has 0 amide bonds. The number of rotatable bonds is 2. The van der Waals surface area contributed by atoms with Crippen LogP contribution in [0.25, 0.3) is 10.9 Å². The van der Waals surface area contributed by atoms with Gasteiger partial charge in [0.2, 0.25) is 0 Å². The maximum absolute atomic E-state index is 13.5. The molecule has 1 aliphatic carbocycles. The lowest BCUT2D eigenvalue weighted by molar-refractivity contribution is 0.103. The Morgan fingerprint density at radius 1 is 1.09 bits per heavy atom. The Balaban J connectivity index is 1.56. The van der Waals surface area contributed by atoms with E-state index in [0.717, 1.165) is 32.2 Å². The zero-order valence-corrected chi connectivity index (χ0v) is 18.5. The number of aromatic amines is 1. The first kappa shape index (κ1) is 20.7. The van der Waals surface area contributed by atoms with E-state index in [0.29, 0.717) is 29.8 Å². The number of benzene rings is 2. The summed E-state index contributed by atoms with van der Waals surface area (Å²) in [6.45, 7) is 5.43. The molecule has 8 nitrogen and oxygen atoms in total. The van der Waals surface area contributed by atoms with Crippen LogP contribution < -0.4 is 4.90 Å². The normalized spacial score (nSPS) is 18.3. The average molecular weight is 451 g/mol. The largest absolute Gasteiger partial charge is 0.369 e. The monoisotopic (exact) mass is 450 g/mol. The molecule has 164 valence electrons. The Kier molecular flexibility index (Phi) is 4.47. The molecule has 1 saturated heterocycles. The van der Waals surface area contributed by atoms with E-state index in [2.05, 4.69) is 29.8 Å². The van der Waals surface area contributed by atoms with Crippen LogP contribution in [0.4, 0.5) is 5.69 Å². The van der Waals surface area contributed by atoms with Gasteiger partial charge in [0.25, 0.3) is 0 Å². The van der Waals surface area contributed by atoms with Gasteiger partial charge in [-0.1, -0.05) is 19.9 Å². The fourth-order valence-corrected chi connectivity index (χ4v) is 5.49. The second-order valence-corrected chi connectivity index (χ2v) is 10.2. The van der Waals surface area contributed by atoms with Crippen molar-refractivity contribution in [3.05, 3.63) is 64.3 Å². The van der Waals surface area contributed by atoms with Crippen molar-refractivity contribution in [2.24, 2.45) is 0 Å². The minimum Gasteiger partial charge on any atom is -0.369 e. The number of H-pyrrole nitrogens is 1. The van der Waals surface area contributed by atoms with E-state index in [-0.39, 0.29) is 18.9 Å². The van der Waals surface area contributed by atoms with E-state index in [1.54, 1.807) is 12.1 Å². The van der Waals surface area contributed by atoms with E-state index in [1.165, 1.54) is 0 Å². The van der Waals surface area contributed by atoms with Crippen LogP contribution in [0.5, 0.6) is 0 Å². The van der Waals surface area contributed by atoms with Crippen molar-refractivity contribution in [2.75, 3.05) is 31.1 Å². The van der Waals surface area contributed by atoms with Gasteiger partial charge in [-0.3, -0.25) is 9.35 Å². The highest BCUT2D eigenvalue weighted by Crippen LogP contribution is 2.44. The maximum atomic E-state index is 13.5. The van der Waals surface area contributed by atoms with Gasteiger partial charge in [0.15, 0.2) is 5.78 Å². The molecule has 32 heavy (non-hydrogen) atoms. The standard InChI is InChI=1S/C23H22N4O4S/c1-23(2)18-12-15(26-7-9-27(10-8-26)32(29,30)31)4-6-16(18)21(28)20-17-5-3-14(13-24)11-19(17)25-22(20)23/h3-6,11-12,25H,7-10H2,1-2H3,(H,29,30,31). The topological polar surface area (TPSA) is 118 Å². The summed E-state index contributed by atoms with van der Waals surface area (Å²) in [6, 6.07) is 13.2. The van der Waals surface area contributed by atoms with Gasteiger partial charge < -0.3 is 9.88 Å². The fraction of sp³-hybridized carbons (Fsp3) is 0.304. The highest BCUT2D eigenvalue weighted by molar-refractivity contribution is 7.83. The summed E-state index contributed by atoms with van der Waals surface area (Å²) in [5.74, 6) is -0.0481. The number of fused-ring (bicyclic) bond motifs is 4. The Hall–Kier alpha value is -3.19. The Morgan fingerprint density at radius 3 is 2.47 bits per heavy atom. The van der Waals surface area contributed by atoms with Gasteiger partial charge in [-0.15, -0.1) is 0 Å². The predicted molar refractivity (Wildman–Crippen MR) is 120 cm³/mol. The molecule has 2 N–H and O–H groups in total. The van der Waals surface area contributed by atoms with E-state index >= 15 is 0 Å². The first-order valence-electron chi connectivity index (χ1n) is 10.3. The van der Waals surface area contributed by atoms with Gasteiger partial charge in [-0.25, -0.2) is 0 Å². The Morgan fingerprint density at radius 2 is 1.81 bits per heavy atom. The molecular formula is C23H22N4O4S. The molecule has 1 aromatic heterocycles. The highest BCUT2D eigenvalue weighted by Gasteiger charge is 2.40. The lowest BCUT2D eigenvalue weighted by Crippen LogP contribution is -2.48. The van der Waals surface area contributed by atoms with Gasteiger partial charge in [-0.2, -0.15) is 18.0 Å². The van der Waals surface area contributed by atoms with Crippen LogP contribution in [0, 0.1) is 11.3 Å². The smallest absolute Gasteiger partial charge is 0.336 e. The molecule has 0 unspecified atom stereocenters. The lowest BCUT2D eigenvalue weighted by Gasteiger charge is -2.36. The number of ketones is 1. The quantitative estimate of drug-likeness (QED) is 0.580. The Bertz CT molecular complexity index is 1420. The summed E-state index contributed by atoms with van der Waals surface area (Å²) in [5, 5.41) is 10.0. The summed E-state index contributed by atoms with van der Waals surface area (Å²) < 4.78 is 33.1. The first-order valence-corrected chi connectivity index (χ1v) is 11.7. The molecular weight excluding hydrogens is 428 g/mol. The number of aromatic nitrogens is 1. The molecule has 1 fully saturated rings. The van der Waals surface area contributed by atoms with E-state index in [1.807, 2.05) is 24.3 Å². The molecule has 0 atom stereocenters. The predicted octanol–water partition coefficient (Wildman–Crippen LogP) is 2.83.